The Morgan fingerprint density at radius 1 is 1.48 bits per heavy atom. The molecule has 0 saturated carbocycles. The monoisotopic (exact) mass is 291 g/mol. The van der Waals surface area contributed by atoms with Crippen LogP contribution in [0.3, 0.4) is 0 Å². The molecule has 1 aliphatic heterocycles. The van der Waals surface area contributed by atoms with Gasteiger partial charge in [-0.1, -0.05) is 12.1 Å². The molecule has 0 spiro atoms. The topological polar surface area (TPSA) is 98.7 Å². The smallest absolute Gasteiger partial charge is 0.335 e. The van der Waals surface area contributed by atoms with E-state index in [-0.39, 0.29) is 24.0 Å². The van der Waals surface area contributed by atoms with Gasteiger partial charge in [0.25, 0.3) is 0 Å². The van der Waals surface area contributed by atoms with E-state index in [1.165, 1.54) is 17.0 Å². The first kappa shape index (κ1) is 14.8. The van der Waals surface area contributed by atoms with E-state index in [0.29, 0.717) is 18.7 Å². The zero-order valence-corrected chi connectivity index (χ0v) is 11.6. The number of urea groups is 1. The molecule has 7 nitrogen and oxygen atoms in total. The lowest BCUT2D eigenvalue weighted by Gasteiger charge is -2.32. The fraction of sp³-hybridized carbons (Fsp3) is 0.357. The van der Waals surface area contributed by atoms with E-state index in [1.54, 1.807) is 19.1 Å². The lowest BCUT2D eigenvalue weighted by molar-refractivity contribution is -0.126. The van der Waals surface area contributed by atoms with Gasteiger partial charge in [-0.2, -0.15) is 0 Å². The SMILES string of the molecule is CC1C(=O)NCCN1C(=O)NCc1cccc(C(=O)O)c1. The zero-order chi connectivity index (χ0) is 15.4. The maximum atomic E-state index is 12.1. The largest absolute Gasteiger partial charge is 0.478 e. The molecule has 1 saturated heterocycles. The first-order valence-electron chi connectivity index (χ1n) is 6.63. The molecular formula is C14H17N3O4. The maximum absolute atomic E-state index is 12.1. The molecule has 3 N–H and O–H groups in total. The lowest BCUT2D eigenvalue weighted by atomic mass is 10.1. The Morgan fingerprint density at radius 3 is 2.95 bits per heavy atom. The van der Waals surface area contributed by atoms with Gasteiger partial charge in [0.05, 0.1) is 5.56 Å². The van der Waals surface area contributed by atoms with Crippen molar-refractivity contribution in [1.82, 2.24) is 15.5 Å². The van der Waals surface area contributed by atoms with Crippen LogP contribution in [0.1, 0.15) is 22.8 Å². The van der Waals surface area contributed by atoms with Gasteiger partial charge in [-0.15, -0.1) is 0 Å². The van der Waals surface area contributed by atoms with Crippen LogP contribution in [-0.4, -0.2) is 47.0 Å². The molecule has 1 aromatic carbocycles. The summed E-state index contributed by atoms with van der Waals surface area (Å²) in [6.45, 7) is 2.77. The van der Waals surface area contributed by atoms with Gasteiger partial charge in [0.15, 0.2) is 0 Å². The van der Waals surface area contributed by atoms with E-state index >= 15 is 0 Å². The number of piperazine rings is 1. The predicted molar refractivity (Wildman–Crippen MR) is 74.8 cm³/mol. The molecule has 0 radical (unpaired) electrons. The van der Waals surface area contributed by atoms with Crippen LogP contribution in [0.25, 0.3) is 0 Å². The van der Waals surface area contributed by atoms with Crippen LogP contribution in [0.4, 0.5) is 4.79 Å². The van der Waals surface area contributed by atoms with Crippen LogP contribution in [0.15, 0.2) is 24.3 Å². The molecule has 1 aromatic rings. The second-order valence-electron chi connectivity index (χ2n) is 4.82. The molecular weight excluding hydrogens is 274 g/mol. The van der Waals surface area contributed by atoms with Crippen LogP contribution in [-0.2, 0) is 11.3 Å². The van der Waals surface area contributed by atoms with Gasteiger partial charge in [0.2, 0.25) is 5.91 Å². The third-order valence-corrected chi connectivity index (χ3v) is 3.38. The molecule has 1 unspecified atom stereocenters. The second kappa shape index (κ2) is 6.25. The Kier molecular flexibility index (Phi) is 4.42. The molecule has 1 atom stereocenters. The molecule has 3 amide bonds. The van der Waals surface area contributed by atoms with Gasteiger partial charge in [0, 0.05) is 19.6 Å². The average molecular weight is 291 g/mol. The van der Waals surface area contributed by atoms with Gasteiger partial charge < -0.3 is 20.6 Å². The lowest BCUT2D eigenvalue weighted by Crippen LogP contribution is -2.58. The molecule has 0 aromatic heterocycles. The summed E-state index contributed by atoms with van der Waals surface area (Å²) in [4.78, 5) is 35.9. The number of nitrogens with zero attached hydrogens (tertiary/aromatic N) is 1. The summed E-state index contributed by atoms with van der Waals surface area (Å²) in [5.41, 5.74) is 0.866. The third kappa shape index (κ3) is 3.50. The van der Waals surface area contributed by atoms with Crippen molar-refractivity contribution in [1.29, 1.82) is 0 Å². The van der Waals surface area contributed by atoms with Crippen LogP contribution < -0.4 is 10.6 Å². The summed E-state index contributed by atoms with van der Waals surface area (Å²) in [7, 11) is 0. The summed E-state index contributed by atoms with van der Waals surface area (Å²) in [6.07, 6.45) is 0. The number of nitrogens with one attached hydrogen (secondary N) is 2. The van der Waals surface area contributed by atoms with Gasteiger partial charge >= 0.3 is 12.0 Å². The van der Waals surface area contributed by atoms with Crippen molar-refractivity contribution in [3.63, 3.8) is 0 Å². The van der Waals surface area contributed by atoms with Gasteiger partial charge in [-0.05, 0) is 24.6 Å². The van der Waals surface area contributed by atoms with Crippen LogP contribution in [0.2, 0.25) is 0 Å². The van der Waals surface area contributed by atoms with Crippen molar-refractivity contribution in [2.45, 2.75) is 19.5 Å². The van der Waals surface area contributed by atoms with Crippen molar-refractivity contribution in [3.05, 3.63) is 35.4 Å². The number of carboxylic acids is 1. The molecule has 1 fully saturated rings. The molecule has 1 aliphatic rings. The van der Waals surface area contributed by atoms with E-state index in [0.717, 1.165) is 0 Å². The fourth-order valence-corrected chi connectivity index (χ4v) is 2.15. The number of benzene rings is 1. The Bertz CT molecular complexity index is 573. The number of hydrogen-bond donors (Lipinski definition) is 3. The van der Waals surface area contributed by atoms with Crippen molar-refractivity contribution in [2.75, 3.05) is 13.1 Å². The van der Waals surface area contributed by atoms with Gasteiger partial charge in [-0.3, -0.25) is 4.79 Å². The molecule has 21 heavy (non-hydrogen) atoms. The van der Waals surface area contributed by atoms with Crippen molar-refractivity contribution in [2.24, 2.45) is 0 Å². The van der Waals surface area contributed by atoms with Crippen molar-refractivity contribution >= 4 is 17.9 Å². The first-order valence-corrected chi connectivity index (χ1v) is 6.63. The fourth-order valence-electron chi connectivity index (χ4n) is 2.15. The van der Waals surface area contributed by atoms with E-state index < -0.39 is 12.0 Å². The van der Waals surface area contributed by atoms with Crippen LogP contribution in [0, 0.1) is 0 Å². The third-order valence-electron chi connectivity index (χ3n) is 3.38. The number of hydrogen-bond acceptors (Lipinski definition) is 3. The highest BCUT2D eigenvalue weighted by Gasteiger charge is 2.28. The number of carbonyl (C=O) groups excluding carboxylic acids is 2. The molecule has 2 rings (SSSR count). The minimum Gasteiger partial charge on any atom is -0.478 e. The van der Waals surface area contributed by atoms with Gasteiger partial charge in [0.1, 0.15) is 6.04 Å². The van der Waals surface area contributed by atoms with E-state index in [1.807, 2.05) is 0 Å². The standard InChI is InChI=1S/C14H17N3O4/c1-9-12(18)15-5-6-17(9)14(21)16-8-10-3-2-4-11(7-10)13(19)20/h2-4,7,9H,5-6,8H2,1H3,(H,15,18)(H,16,21)(H,19,20). The minimum absolute atomic E-state index is 0.174. The summed E-state index contributed by atoms with van der Waals surface area (Å²) in [6, 6.07) is 5.52. The summed E-state index contributed by atoms with van der Waals surface area (Å²) < 4.78 is 0. The quantitative estimate of drug-likeness (QED) is 0.751. The Hall–Kier alpha value is -2.57. The Balaban J connectivity index is 1.96. The maximum Gasteiger partial charge on any atom is 0.335 e. The molecule has 0 bridgehead atoms. The summed E-state index contributed by atoms with van der Waals surface area (Å²) >= 11 is 0. The number of carbonyl (C=O) groups is 3. The number of carboxylic acid groups (broad SMARTS) is 1. The number of rotatable bonds is 3. The molecule has 112 valence electrons. The molecule has 1 heterocycles. The summed E-state index contributed by atoms with van der Waals surface area (Å²) in [5, 5.41) is 14.3. The molecule has 0 aliphatic carbocycles. The highest BCUT2D eigenvalue weighted by Crippen LogP contribution is 2.07. The van der Waals surface area contributed by atoms with Gasteiger partial charge in [-0.25, -0.2) is 9.59 Å². The highest BCUT2D eigenvalue weighted by molar-refractivity contribution is 5.88. The normalized spacial score (nSPS) is 18.0. The van der Waals surface area contributed by atoms with E-state index in [2.05, 4.69) is 10.6 Å². The van der Waals surface area contributed by atoms with Crippen LogP contribution in [0.5, 0.6) is 0 Å². The molecule has 7 heteroatoms. The first-order chi connectivity index (χ1) is 9.99. The zero-order valence-electron chi connectivity index (χ0n) is 11.6. The van der Waals surface area contributed by atoms with Crippen molar-refractivity contribution < 1.29 is 19.5 Å². The van der Waals surface area contributed by atoms with E-state index in [9.17, 15) is 14.4 Å². The van der Waals surface area contributed by atoms with Crippen LogP contribution >= 0.6 is 0 Å². The highest BCUT2D eigenvalue weighted by atomic mass is 16.4. The number of aromatic carboxylic acids is 1. The number of amides is 3. The van der Waals surface area contributed by atoms with E-state index in [4.69, 9.17) is 5.11 Å². The second-order valence-corrected chi connectivity index (χ2v) is 4.82. The average Bonchev–Trinajstić information content (AvgIpc) is 2.48. The van der Waals surface area contributed by atoms with Crippen molar-refractivity contribution in [3.8, 4) is 0 Å². The predicted octanol–water partition coefficient (Wildman–Crippen LogP) is 0.415. The summed E-state index contributed by atoms with van der Waals surface area (Å²) in [5.74, 6) is -1.19. The Morgan fingerprint density at radius 2 is 2.24 bits per heavy atom. The minimum atomic E-state index is -1.01. The Labute approximate surface area is 121 Å².